The van der Waals surface area contributed by atoms with Gasteiger partial charge in [0.2, 0.25) is 0 Å². The van der Waals surface area contributed by atoms with Crippen molar-refractivity contribution in [2.24, 2.45) is 5.73 Å². The van der Waals surface area contributed by atoms with Gasteiger partial charge in [-0.05, 0) is 0 Å². The average Bonchev–Trinajstić information content (AvgIpc) is 1.84. The Morgan fingerprint density at radius 1 is 1.45 bits per heavy atom. The fourth-order valence-corrected chi connectivity index (χ4v) is 0.853. The van der Waals surface area contributed by atoms with Gasteiger partial charge in [0, 0.05) is 0 Å². The standard InChI is InChI=1S/C4H5N3O3S/c1-11(8,9)10-4(7,2-5)3-6/h7H2,1H3. The van der Waals surface area contributed by atoms with Gasteiger partial charge in [0.25, 0.3) is 10.1 Å². The Hall–Kier alpha value is -1.15. The van der Waals surface area contributed by atoms with Crippen molar-refractivity contribution in [3.05, 3.63) is 0 Å². The van der Waals surface area contributed by atoms with Gasteiger partial charge in [0.15, 0.2) is 0 Å². The number of hydrogen-bond donors (Lipinski definition) is 1. The molecular formula is C4H5N3O3S. The monoisotopic (exact) mass is 175 g/mol. The van der Waals surface area contributed by atoms with Crippen molar-refractivity contribution in [1.82, 2.24) is 0 Å². The summed E-state index contributed by atoms with van der Waals surface area (Å²) in [5, 5.41) is 16.3. The van der Waals surface area contributed by atoms with Crippen LogP contribution in [0.1, 0.15) is 0 Å². The third-order valence-corrected chi connectivity index (χ3v) is 1.18. The van der Waals surface area contributed by atoms with E-state index in [1.54, 1.807) is 0 Å². The molecule has 0 radical (unpaired) electrons. The van der Waals surface area contributed by atoms with E-state index >= 15 is 0 Å². The minimum absolute atomic E-state index is 0.698. The van der Waals surface area contributed by atoms with Crippen LogP contribution in [0.3, 0.4) is 0 Å². The summed E-state index contributed by atoms with van der Waals surface area (Å²) in [6.45, 7) is 0. The second kappa shape index (κ2) is 2.84. The summed E-state index contributed by atoms with van der Waals surface area (Å²) in [5.74, 6) is 0. The molecule has 0 aromatic carbocycles. The number of nitriles is 2. The van der Waals surface area contributed by atoms with Crippen LogP contribution in [0.4, 0.5) is 0 Å². The molecule has 0 amide bonds. The molecule has 6 nitrogen and oxygen atoms in total. The molecule has 0 bridgehead atoms. The van der Waals surface area contributed by atoms with E-state index in [4.69, 9.17) is 16.3 Å². The van der Waals surface area contributed by atoms with Gasteiger partial charge in [-0.1, -0.05) is 0 Å². The van der Waals surface area contributed by atoms with Crippen LogP contribution in [-0.4, -0.2) is 20.4 Å². The predicted octanol–water partition coefficient (Wildman–Crippen LogP) is -1.34. The summed E-state index contributed by atoms with van der Waals surface area (Å²) in [4.78, 5) is 0. The zero-order valence-corrected chi connectivity index (χ0v) is 6.42. The van der Waals surface area contributed by atoms with Gasteiger partial charge in [-0.3, -0.25) is 5.73 Å². The molecular weight excluding hydrogens is 170 g/mol. The van der Waals surface area contributed by atoms with Crippen LogP contribution in [0.25, 0.3) is 0 Å². The topological polar surface area (TPSA) is 117 Å². The van der Waals surface area contributed by atoms with Gasteiger partial charge in [-0.25, -0.2) is 4.18 Å². The molecule has 7 heteroatoms. The first-order valence-corrected chi connectivity index (χ1v) is 4.16. The molecule has 0 aliphatic carbocycles. The molecule has 60 valence electrons. The van der Waals surface area contributed by atoms with Gasteiger partial charge in [0.1, 0.15) is 12.1 Å². The highest BCUT2D eigenvalue weighted by atomic mass is 32.2. The smallest absolute Gasteiger partial charge is 0.278 e. The molecule has 0 aliphatic heterocycles. The highest BCUT2D eigenvalue weighted by Crippen LogP contribution is 2.03. The summed E-state index contributed by atoms with van der Waals surface area (Å²) < 4.78 is 24.7. The number of rotatable bonds is 2. The molecule has 0 aromatic heterocycles. The molecule has 0 spiro atoms. The van der Waals surface area contributed by atoms with Crippen molar-refractivity contribution in [3.8, 4) is 12.1 Å². The van der Waals surface area contributed by atoms with Crippen LogP contribution >= 0.6 is 0 Å². The first-order valence-electron chi connectivity index (χ1n) is 2.35. The van der Waals surface area contributed by atoms with Crippen molar-refractivity contribution >= 4 is 10.1 Å². The minimum atomic E-state index is -3.88. The first kappa shape index (κ1) is 9.85. The summed E-state index contributed by atoms with van der Waals surface area (Å²) in [7, 11) is -3.88. The van der Waals surface area contributed by atoms with E-state index in [0.29, 0.717) is 6.26 Å². The Labute approximate surface area is 63.9 Å². The Balaban J connectivity index is 4.67. The number of nitrogens with zero attached hydrogens (tertiary/aromatic N) is 2. The third kappa shape index (κ3) is 3.53. The average molecular weight is 175 g/mol. The molecule has 0 fully saturated rings. The fraction of sp³-hybridized carbons (Fsp3) is 0.500. The Bertz CT molecular complexity index is 305. The van der Waals surface area contributed by atoms with Gasteiger partial charge in [0.05, 0.1) is 6.26 Å². The molecule has 0 aliphatic rings. The number of nitrogens with two attached hydrogens (primary N) is 1. The van der Waals surface area contributed by atoms with Crippen molar-refractivity contribution in [3.63, 3.8) is 0 Å². The van der Waals surface area contributed by atoms with Gasteiger partial charge in [-0.15, -0.1) is 0 Å². The van der Waals surface area contributed by atoms with Crippen molar-refractivity contribution in [1.29, 1.82) is 10.5 Å². The lowest BCUT2D eigenvalue weighted by molar-refractivity contribution is 0.205. The van der Waals surface area contributed by atoms with E-state index in [1.807, 2.05) is 0 Å². The van der Waals surface area contributed by atoms with Gasteiger partial charge in [-0.2, -0.15) is 18.9 Å². The zero-order chi connectivity index (χ0) is 9.12. The van der Waals surface area contributed by atoms with Crippen LogP contribution in [0.2, 0.25) is 0 Å². The Morgan fingerprint density at radius 2 is 1.82 bits per heavy atom. The highest BCUT2D eigenvalue weighted by molar-refractivity contribution is 7.86. The number of hydrogen-bond acceptors (Lipinski definition) is 6. The Kier molecular flexibility index (Phi) is 2.55. The molecule has 0 unspecified atom stereocenters. The molecule has 0 rings (SSSR count). The second-order valence-corrected chi connectivity index (χ2v) is 3.32. The summed E-state index contributed by atoms with van der Waals surface area (Å²) in [6.07, 6.45) is 0.698. The molecule has 0 aromatic rings. The summed E-state index contributed by atoms with van der Waals surface area (Å²) in [6, 6.07) is 2.40. The van der Waals surface area contributed by atoms with Crippen LogP contribution in [0, 0.1) is 22.7 Å². The lowest BCUT2D eigenvalue weighted by Crippen LogP contribution is -2.41. The van der Waals surface area contributed by atoms with Gasteiger partial charge < -0.3 is 0 Å². The quantitative estimate of drug-likeness (QED) is 0.410. The van der Waals surface area contributed by atoms with E-state index in [0.717, 1.165) is 0 Å². The normalized spacial score (nSPS) is 11.6. The maximum Gasteiger partial charge on any atom is 0.310 e. The highest BCUT2D eigenvalue weighted by Gasteiger charge is 2.30. The molecule has 0 saturated heterocycles. The van der Waals surface area contributed by atoms with Crippen molar-refractivity contribution < 1.29 is 12.6 Å². The van der Waals surface area contributed by atoms with E-state index in [-0.39, 0.29) is 0 Å². The summed E-state index contributed by atoms with van der Waals surface area (Å²) in [5.41, 5.74) is 2.45. The van der Waals surface area contributed by atoms with Crippen LogP contribution in [-0.2, 0) is 14.3 Å². The van der Waals surface area contributed by atoms with Crippen LogP contribution in [0.15, 0.2) is 0 Å². The lowest BCUT2D eigenvalue weighted by Gasteiger charge is -2.09. The minimum Gasteiger partial charge on any atom is -0.278 e. The lowest BCUT2D eigenvalue weighted by atomic mass is 10.3. The zero-order valence-electron chi connectivity index (χ0n) is 5.60. The maximum absolute atomic E-state index is 10.4. The van der Waals surface area contributed by atoms with Crippen molar-refractivity contribution in [2.45, 2.75) is 5.72 Å². The van der Waals surface area contributed by atoms with E-state index in [9.17, 15) is 8.42 Å². The molecule has 0 heterocycles. The molecule has 11 heavy (non-hydrogen) atoms. The maximum atomic E-state index is 10.4. The fourth-order valence-electron chi connectivity index (χ4n) is 0.301. The second-order valence-electron chi connectivity index (χ2n) is 1.75. The molecule has 0 saturated carbocycles. The van der Waals surface area contributed by atoms with Gasteiger partial charge >= 0.3 is 5.72 Å². The van der Waals surface area contributed by atoms with Crippen LogP contribution < -0.4 is 5.73 Å². The van der Waals surface area contributed by atoms with E-state index in [2.05, 4.69) is 4.18 Å². The van der Waals surface area contributed by atoms with E-state index in [1.165, 1.54) is 12.1 Å². The summed E-state index contributed by atoms with van der Waals surface area (Å²) >= 11 is 0. The first-order chi connectivity index (χ1) is 4.83. The SMILES string of the molecule is CS(=O)(=O)OC(N)(C#N)C#N. The largest absolute Gasteiger partial charge is 0.310 e. The van der Waals surface area contributed by atoms with E-state index < -0.39 is 15.8 Å². The van der Waals surface area contributed by atoms with Crippen molar-refractivity contribution in [2.75, 3.05) is 6.26 Å². The predicted molar refractivity (Wildman–Crippen MR) is 34.1 cm³/mol. The Morgan fingerprint density at radius 3 is 1.91 bits per heavy atom. The van der Waals surface area contributed by atoms with Crippen LogP contribution in [0.5, 0.6) is 0 Å². The third-order valence-electron chi connectivity index (χ3n) is 0.615. The molecule has 0 atom stereocenters. The molecule has 2 N–H and O–H groups in total.